The maximum absolute atomic E-state index is 6.16. The molecule has 2 N–H and O–H groups in total. The Kier molecular flexibility index (Phi) is 12.0. The van der Waals surface area contributed by atoms with Crippen molar-refractivity contribution < 1.29 is 9.47 Å². The van der Waals surface area contributed by atoms with Crippen molar-refractivity contribution in [3.05, 3.63) is 30.3 Å². The summed E-state index contributed by atoms with van der Waals surface area (Å²) in [5, 5.41) is 7.24. The zero-order valence-corrected chi connectivity index (χ0v) is 21.7. The number of aliphatic imine (C=N–C) groups is 1. The fourth-order valence-electron chi connectivity index (χ4n) is 4.15. The highest BCUT2D eigenvalue weighted by atomic mass is 127. The molecule has 0 spiro atoms. The fourth-order valence-corrected chi connectivity index (χ4v) is 4.15. The number of hydrogen-bond donors (Lipinski definition) is 2. The van der Waals surface area contributed by atoms with Gasteiger partial charge in [0, 0.05) is 45.0 Å². The highest BCUT2D eigenvalue weighted by Gasteiger charge is 2.24. The molecule has 2 aliphatic rings. The van der Waals surface area contributed by atoms with Crippen LogP contribution in [0.5, 0.6) is 0 Å². The van der Waals surface area contributed by atoms with Gasteiger partial charge >= 0.3 is 0 Å². The third kappa shape index (κ3) is 8.77. The van der Waals surface area contributed by atoms with Crippen molar-refractivity contribution in [3.8, 4) is 0 Å². The normalized spacial score (nSPS) is 21.5. The van der Waals surface area contributed by atoms with Gasteiger partial charge in [0.2, 0.25) is 0 Å². The van der Waals surface area contributed by atoms with Crippen molar-refractivity contribution in [2.45, 2.75) is 64.2 Å². The number of hydrogen-bond acceptors (Lipinski definition) is 4. The summed E-state index contributed by atoms with van der Waals surface area (Å²) in [6.07, 6.45) is 6.34. The summed E-state index contributed by atoms with van der Waals surface area (Å²) in [6.45, 7) is 8.95. The van der Waals surface area contributed by atoms with Gasteiger partial charge in [0.05, 0.1) is 18.8 Å². The lowest BCUT2D eigenvalue weighted by atomic mass is 10.0. The van der Waals surface area contributed by atoms with Crippen LogP contribution >= 0.6 is 24.0 Å². The topological polar surface area (TPSA) is 58.1 Å². The molecule has 7 heteroatoms. The average Bonchev–Trinajstić information content (AvgIpc) is 2.79. The maximum atomic E-state index is 6.16. The number of anilines is 1. The van der Waals surface area contributed by atoms with Gasteiger partial charge in [0.1, 0.15) is 0 Å². The van der Waals surface area contributed by atoms with Gasteiger partial charge in [0.15, 0.2) is 5.96 Å². The van der Waals surface area contributed by atoms with Crippen molar-refractivity contribution in [1.82, 2.24) is 10.2 Å². The maximum Gasteiger partial charge on any atom is 0.193 e. The van der Waals surface area contributed by atoms with Crippen LogP contribution < -0.4 is 10.6 Å². The van der Waals surface area contributed by atoms with E-state index in [0.29, 0.717) is 24.2 Å². The molecule has 176 valence electrons. The summed E-state index contributed by atoms with van der Waals surface area (Å²) in [5.74, 6) is 1.50. The second-order valence-electron chi connectivity index (χ2n) is 8.80. The molecule has 2 saturated heterocycles. The second-order valence-corrected chi connectivity index (χ2v) is 8.80. The van der Waals surface area contributed by atoms with Crippen LogP contribution in [0.1, 0.15) is 46.0 Å². The number of para-hydroxylation sites is 1. The molecule has 2 atom stereocenters. The summed E-state index contributed by atoms with van der Waals surface area (Å²) in [7, 11) is 1.88. The molecule has 3 rings (SSSR count). The summed E-state index contributed by atoms with van der Waals surface area (Å²) in [6, 6.07) is 10.8. The fraction of sp³-hybridized carbons (Fsp3) is 0.708. The van der Waals surface area contributed by atoms with Crippen molar-refractivity contribution >= 4 is 35.6 Å². The zero-order valence-electron chi connectivity index (χ0n) is 19.4. The Bertz CT molecular complexity index is 630. The lowest BCUT2D eigenvalue weighted by molar-refractivity contribution is -0.0721. The highest BCUT2D eigenvalue weighted by molar-refractivity contribution is 14.0. The van der Waals surface area contributed by atoms with Crippen LogP contribution in [0.4, 0.5) is 5.69 Å². The molecule has 0 amide bonds. The van der Waals surface area contributed by atoms with Crippen molar-refractivity contribution in [3.63, 3.8) is 0 Å². The van der Waals surface area contributed by atoms with E-state index in [-0.39, 0.29) is 24.0 Å². The number of likely N-dealkylation sites (tertiary alicyclic amines) is 1. The number of nitrogens with one attached hydrogen (secondary N) is 2. The van der Waals surface area contributed by atoms with Crippen LogP contribution in [0, 0.1) is 5.92 Å². The lowest BCUT2D eigenvalue weighted by Crippen LogP contribution is -2.50. The zero-order chi connectivity index (χ0) is 21.2. The number of halogens is 1. The Hall–Kier alpha value is -1.06. The molecule has 1 aromatic carbocycles. The van der Waals surface area contributed by atoms with E-state index in [1.807, 2.05) is 13.1 Å². The van der Waals surface area contributed by atoms with Gasteiger partial charge in [-0.1, -0.05) is 32.0 Å². The van der Waals surface area contributed by atoms with E-state index in [9.17, 15) is 0 Å². The Morgan fingerprint density at radius 2 is 1.90 bits per heavy atom. The molecular formula is C24H41IN4O2. The lowest BCUT2D eigenvalue weighted by Gasteiger charge is -2.35. The van der Waals surface area contributed by atoms with Gasteiger partial charge in [-0.15, -0.1) is 24.0 Å². The molecule has 0 bridgehead atoms. The van der Waals surface area contributed by atoms with Crippen LogP contribution in [-0.4, -0.2) is 69.0 Å². The standard InChI is InChI=1S/C24H40N4O2.HI/c1-19(2)23(27-20-9-5-4-6-10-20)17-26-24(25-3)28-14-12-21(13-15-28)30-18-22-11-7-8-16-29-22;/h4-6,9-10,19,21-23,27H,7-8,11-18H2,1-3H3,(H,25,26);1H. The van der Waals surface area contributed by atoms with E-state index < -0.39 is 0 Å². The molecule has 2 unspecified atom stereocenters. The second kappa shape index (κ2) is 14.2. The van der Waals surface area contributed by atoms with E-state index in [1.54, 1.807) is 0 Å². The largest absolute Gasteiger partial charge is 0.380 e. The van der Waals surface area contributed by atoms with Gasteiger partial charge in [-0.2, -0.15) is 0 Å². The van der Waals surface area contributed by atoms with Gasteiger partial charge in [-0.25, -0.2) is 0 Å². The molecule has 2 fully saturated rings. The predicted octanol–water partition coefficient (Wildman–Crippen LogP) is 4.37. The first-order valence-corrected chi connectivity index (χ1v) is 11.7. The SMILES string of the molecule is CN=C(NCC(Nc1ccccc1)C(C)C)N1CCC(OCC2CCCCO2)CC1.I. The van der Waals surface area contributed by atoms with Crippen molar-refractivity contribution in [2.75, 3.05) is 45.2 Å². The molecule has 0 saturated carbocycles. The first-order chi connectivity index (χ1) is 14.7. The molecule has 0 radical (unpaired) electrons. The first kappa shape index (κ1) is 26.2. The minimum absolute atomic E-state index is 0. The van der Waals surface area contributed by atoms with E-state index in [0.717, 1.165) is 63.8 Å². The first-order valence-electron chi connectivity index (χ1n) is 11.7. The van der Waals surface area contributed by atoms with E-state index in [4.69, 9.17) is 9.47 Å². The summed E-state index contributed by atoms with van der Waals surface area (Å²) in [4.78, 5) is 6.90. The van der Waals surface area contributed by atoms with E-state index in [2.05, 4.69) is 58.6 Å². The molecule has 0 aromatic heterocycles. The Labute approximate surface area is 205 Å². The van der Waals surface area contributed by atoms with Crippen LogP contribution in [-0.2, 0) is 9.47 Å². The molecule has 1 aromatic rings. The van der Waals surface area contributed by atoms with Crippen LogP contribution in [0.3, 0.4) is 0 Å². The molecular weight excluding hydrogens is 503 g/mol. The molecule has 31 heavy (non-hydrogen) atoms. The number of ether oxygens (including phenoxy) is 2. The summed E-state index contributed by atoms with van der Waals surface area (Å²) in [5.41, 5.74) is 1.16. The summed E-state index contributed by atoms with van der Waals surface area (Å²) < 4.78 is 11.9. The van der Waals surface area contributed by atoms with Gasteiger partial charge in [-0.3, -0.25) is 4.99 Å². The summed E-state index contributed by atoms with van der Waals surface area (Å²) >= 11 is 0. The van der Waals surface area contributed by atoms with Crippen LogP contribution in [0.15, 0.2) is 35.3 Å². The minimum Gasteiger partial charge on any atom is -0.380 e. The third-order valence-corrected chi connectivity index (χ3v) is 6.16. The van der Waals surface area contributed by atoms with Crippen LogP contribution in [0.25, 0.3) is 0 Å². The van der Waals surface area contributed by atoms with Crippen LogP contribution in [0.2, 0.25) is 0 Å². The Morgan fingerprint density at radius 1 is 1.16 bits per heavy atom. The van der Waals surface area contributed by atoms with Crippen molar-refractivity contribution in [2.24, 2.45) is 10.9 Å². The smallest absolute Gasteiger partial charge is 0.193 e. The van der Waals surface area contributed by atoms with Crippen molar-refractivity contribution in [1.29, 1.82) is 0 Å². The quantitative estimate of drug-likeness (QED) is 0.289. The Balaban J connectivity index is 0.00000341. The number of nitrogens with zero attached hydrogens (tertiary/aromatic N) is 2. The third-order valence-electron chi connectivity index (χ3n) is 6.16. The van der Waals surface area contributed by atoms with Gasteiger partial charge < -0.3 is 25.0 Å². The monoisotopic (exact) mass is 544 g/mol. The molecule has 2 heterocycles. The number of benzene rings is 1. The van der Waals surface area contributed by atoms with Gasteiger partial charge in [-0.05, 0) is 50.2 Å². The number of piperidine rings is 1. The highest BCUT2D eigenvalue weighted by Crippen LogP contribution is 2.18. The van der Waals surface area contributed by atoms with E-state index >= 15 is 0 Å². The minimum atomic E-state index is 0. The van der Waals surface area contributed by atoms with E-state index in [1.165, 1.54) is 12.8 Å². The number of guanidine groups is 1. The average molecular weight is 545 g/mol. The number of rotatable bonds is 8. The predicted molar refractivity (Wildman–Crippen MR) is 140 cm³/mol. The van der Waals surface area contributed by atoms with Gasteiger partial charge in [0.25, 0.3) is 0 Å². The molecule has 2 aliphatic heterocycles. The molecule has 6 nitrogen and oxygen atoms in total. The Morgan fingerprint density at radius 3 is 2.52 bits per heavy atom. The molecule has 0 aliphatic carbocycles.